The fraction of sp³-hybridized carbons (Fsp3) is 0.100. The lowest BCUT2D eigenvalue weighted by Gasteiger charge is -2.05. The number of aromatic nitrogens is 3. The largest absolute Gasteiger partial charge is 0.393 e. The van der Waals surface area contributed by atoms with Gasteiger partial charge in [-0.25, -0.2) is 4.79 Å². The molecular formula is C10H9BrN4O2. The second-order valence-corrected chi connectivity index (χ2v) is 4.40. The maximum Gasteiger partial charge on any atom is 0.328 e. The molecule has 0 amide bonds. The SMILES string of the molecule is Nc1cn(Cc2cncc(Br)c2)c(=O)[nH]c1=O. The van der Waals surface area contributed by atoms with E-state index in [1.165, 1.54) is 10.8 Å². The summed E-state index contributed by atoms with van der Waals surface area (Å²) in [6.45, 7) is 0.298. The first kappa shape index (κ1) is 11.6. The third-order valence-electron chi connectivity index (χ3n) is 2.15. The first-order valence-electron chi connectivity index (χ1n) is 4.75. The Morgan fingerprint density at radius 1 is 1.41 bits per heavy atom. The summed E-state index contributed by atoms with van der Waals surface area (Å²) in [5.74, 6) is 0. The van der Waals surface area contributed by atoms with Gasteiger partial charge < -0.3 is 5.73 Å². The Labute approximate surface area is 104 Å². The van der Waals surface area contributed by atoms with Crippen molar-refractivity contribution in [3.63, 3.8) is 0 Å². The minimum absolute atomic E-state index is 0.00700. The smallest absolute Gasteiger partial charge is 0.328 e. The van der Waals surface area contributed by atoms with E-state index >= 15 is 0 Å². The van der Waals surface area contributed by atoms with Gasteiger partial charge in [0.15, 0.2) is 0 Å². The monoisotopic (exact) mass is 296 g/mol. The number of hydrogen-bond donors (Lipinski definition) is 2. The van der Waals surface area contributed by atoms with Gasteiger partial charge in [0.25, 0.3) is 5.56 Å². The second kappa shape index (κ2) is 4.54. The van der Waals surface area contributed by atoms with Gasteiger partial charge in [0, 0.05) is 23.1 Å². The molecule has 88 valence electrons. The van der Waals surface area contributed by atoms with Crippen LogP contribution in [0.5, 0.6) is 0 Å². The van der Waals surface area contributed by atoms with E-state index in [4.69, 9.17) is 5.73 Å². The van der Waals surface area contributed by atoms with Gasteiger partial charge in [-0.1, -0.05) is 0 Å². The van der Waals surface area contributed by atoms with Crippen molar-refractivity contribution in [1.82, 2.24) is 14.5 Å². The maximum absolute atomic E-state index is 11.5. The van der Waals surface area contributed by atoms with Crippen LogP contribution >= 0.6 is 15.9 Å². The van der Waals surface area contributed by atoms with Crippen LogP contribution in [0.1, 0.15) is 5.56 Å². The summed E-state index contributed by atoms with van der Waals surface area (Å²) >= 11 is 3.29. The molecule has 0 aromatic carbocycles. The lowest BCUT2D eigenvalue weighted by molar-refractivity contribution is 0.721. The number of hydrogen-bond acceptors (Lipinski definition) is 4. The molecule has 2 heterocycles. The van der Waals surface area contributed by atoms with Crippen LogP contribution in [0.3, 0.4) is 0 Å². The van der Waals surface area contributed by atoms with Gasteiger partial charge in [-0.3, -0.25) is 19.3 Å². The van der Waals surface area contributed by atoms with Gasteiger partial charge in [0.05, 0.1) is 6.54 Å². The van der Waals surface area contributed by atoms with Crippen LogP contribution in [0.4, 0.5) is 5.69 Å². The van der Waals surface area contributed by atoms with Crippen LogP contribution in [0.15, 0.2) is 38.7 Å². The first-order chi connectivity index (χ1) is 8.06. The molecule has 0 aliphatic rings. The molecule has 0 aliphatic carbocycles. The number of aromatic amines is 1. The third kappa shape index (κ3) is 2.62. The molecule has 3 N–H and O–H groups in total. The van der Waals surface area contributed by atoms with Crippen LogP contribution in [0.25, 0.3) is 0 Å². The van der Waals surface area contributed by atoms with E-state index in [2.05, 4.69) is 25.9 Å². The summed E-state index contributed by atoms with van der Waals surface area (Å²) < 4.78 is 2.14. The zero-order chi connectivity index (χ0) is 12.4. The predicted molar refractivity (Wildman–Crippen MR) is 66.8 cm³/mol. The molecule has 17 heavy (non-hydrogen) atoms. The highest BCUT2D eigenvalue weighted by Crippen LogP contribution is 2.10. The molecule has 2 aromatic heterocycles. The van der Waals surface area contributed by atoms with E-state index in [0.29, 0.717) is 6.54 Å². The molecule has 0 radical (unpaired) electrons. The molecular weight excluding hydrogens is 288 g/mol. The quantitative estimate of drug-likeness (QED) is 0.835. The minimum Gasteiger partial charge on any atom is -0.393 e. The van der Waals surface area contributed by atoms with Crippen molar-refractivity contribution < 1.29 is 0 Å². The number of anilines is 1. The summed E-state index contributed by atoms with van der Waals surface area (Å²) in [7, 11) is 0. The summed E-state index contributed by atoms with van der Waals surface area (Å²) in [6.07, 6.45) is 4.61. The molecule has 0 spiro atoms. The second-order valence-electron chi connectivity index (χ2n) is 3.48. The minimum atomic E-state index is -0.571. The molecule has 2 rings (SSSR count). The molecule has 0 bridgehead atoms. The van der Waals surface area contributed by atoms with Crippen LogP contribution in [0.2, 0.25) is 0 Å². The Morgan fingerprint density at radius 3 is 2.88 bits per heavy atom. The van der Waals surface area contributed by atoms with E-state index < -0.39 is 11.2 Å². The predicted octanol–water partition coefficient (Wildman–Crippen LogP) is 0.325. The lowest BCUT2D eigenvalue weighted by Crippen LogP contribution is -2.31. The number of nitrogen functional groups attached to an aromatic ring is 1. The van der Waals surface area contributed by atoms with E-state index in [0.717, 1.165) is 10.0 Å². The number of pyridine rings is 1. The summed E-state index contributed by atoms with van der Waals surface area (Å²) in [5.41, 5.74) is 5.21. The molecule has 6 nitrogen and oxygen atoms in total. The molecule has 7 heteroatoms. The lowest BCUT2D eigenvalue weighted by atomic mass is 10.3. The normalized spacial score (nSPS) is 10.4. The highest BCUT2D eigenvalue weighted by Gasteiger charge is 2.03. The van der Waals surface area contributed by atoms with E-state index in [9.17, 15) is 9.59 Å². The number of halogens is 1. The van der Waals surface area contributed by atoms with E-state index in [-0.39, 0.29) is 5.69 Å². The van der Waals surface area contributed by atoms with Gasteiger partial charge in [-0.2, -0.15) is 0 Å². The van der Waals surface area contributed by atoms with Gasteiger partial charge >= 0.3 is 5.69 Å². The highest BCUT2D eigenvalue weighted by atomic mass is 79.9. The van der Waals surface area contributed by atoms with Crippen LogP contribution in [0, 0.1) is 0 Å². The summed E-state index contributed by atoms with van der Waals surface area (Å²) in [4.78, 5) is 28.7. The molecule has 0 aliphatic heterocycles. The van der Waals surface area contributed by atoms with Crippen molar-refractivity contribution in [3.8, 4) is 0 Å². The fourth-order valence-electron chi connectivity index (χ4n) is 1.38. The third-order valence-corrected chi connectivity index (χ3v) is 2.59. The van der Waals surface area contributed by atoms with Crippen molar-refractivity contribution in [2.75, 3.05) is 5.73 Å². The average molecular weight is 297 g/mol. The Balaban J connectivity index is 2.40. The van der Waals surface area contributed by atoms with Crippen LogP contribution < -0.4 is 17.0 Å². The Morgan fingerprint density at radius 2 is 2.18 bits per heavy atom. The van der Waals surface area contributed by atoms with Crippen LogP contribution in [-0.4, -0.2) is 14.5 Å². The Bertz CT molecular complexity index is 662. The Kier molecular flexibility index (Phi) is 3.10. The molecule has 0 atom stereocenters. The van der Waals surface area contributed by atoms with Gasteiger partial charge in [-0.15, -0.1) is 0 Å². The summed E-state index contributed by atoms with van der Waals surface area (Å²) in [6, 6.07) is 1.83. The first-order valence-corrected chi connectivity index (χ1v) is 5.54. The fourth-order valence-corrected chi connectivity index (χ4v) is 1.79. The van der Waals surface area contributed by atoms with Crippen LogP contribution in [-0.2, 0) is 6.54 Å². The van der Waals surface area contributed by atoms with Crippen molar-refractivity contribution in [2.24, 2.45) is 0 Å². The number of rotatable bonds is 2. The number of H-pyrrole nitrogens is 1. The van der Waals surface area contributed by atoms with Crippen molar-refractivity contribution >= 4 is 21.6 Å². The zero-order valence-corrected chi connectivity index (χ0v) is 10.3. The van der Waals surface area contributed by atoms with E-state index in [1.54, 1.807) is 12.4 Å². The molecule has 0 fully saturated rings. The van der Waals surface area contributed by atoms with Crippen molar-refractivity contribution in [3.05, 3.63) is 55.5 Å². The average Bonchev–Trinajstić information content (AvgIpc) is 2.26. The molecule has 0 unspecified atom stereocenters. The zero-order valence-electron chi connectivity index (χ0n) is 8.68. The number of nitrogens with one attached hydrogen (secondary N) is 1. The van der Waals surface area contributed by atoms with Crippen molar-refractivity contribution in [1.29, 1.82) is 0 Å². The van der Waals surface area contributed by atoms with E-state index in [1.807, 2.05) is 6.07 Å². The number of nitrogens with two attached hydrogens (primary N) is 1. The maximum atomic E-state index is 11.5. The molecule has 2 aromatic rings. The van der Waals surface area contributed by atoms with Crippen molar-refractivity contribution in [2.45, 2.75) is 6.54 Å². The molecule has 0 saturated carbocycles. The standard InChI is InChI=1S/C10H9BrN4O2/c11-7-1-6(2-13-3-7)4-15-5-8(12)9(16)14-10(15)17/h1-3,5H,4,12H2,(H,14,16,17). The van der Waals surface area contributed by atoms with Gasteiger partial charge in [0.1, 0.15) is 5.69 Å². The molecule has 0 saturated heterocycles. The van der Waals surface area contributed by atoms with Gasteiger partial charge in [0.2, 0.25) is 0 Å². The Hall–Kier alpha value is -1.89. The number of nitrogens with zero attached hydrogens (tertiary/aromatic N) is 2. The topological polar surface area (TPSA) is 93.8 Å². The highest BCUT2D eigenvalue weighted by molar-refractivity contribution is 9.10. The van der Waals surface area contributed by atoms with Gasteiger partial charge in [-0.05, 0) is 27.6 Å². The summed E-state index contributed by atoms with van der Waals surface area (Å²) in [5, 5.41) is 0.